The van der Waals surface area contributed by atoms with Crippen LogP contribution in [0.25, 0.3) is 6.08 Å². The van der Waals surface area contributed by atoms with Crippen molar-refractivity contribution in [1.29, 1.82) is 0 Å². The zero-order valence-electron chi connectivity index (χ0n) is 14.2. The quantitative estimate of drug-likeness (QED) is 0.645. The first-order chi connectivity index (χ1) is 12.1. The Hall–Kier alpha value is -3.28. The lowest BCUT2D eigenvalue weighted by Gasteiger charge is -2.07. The summed E-state index contributed by atoms with van der Waals surface area (Å²) in [6.45, 7) is 0. The van der Waals surface area contributed by atoms with E-state index in [0.717, 1.165) is 5.56 Å². The first kappa shape index (κ1) is 18.1. The minimum absolute atomic E-state index is 0.302. The van der Waals surface area contributed by atoms with Gasteiger partial charge < -0.3 is 19.5 Å². The largest absolute Gasteiger partial charge is 0.497 e. The number of esters is 1. The topological polar surface area (TPSA) is 73.9 Å². The summed E-state index contributed by atoms with van der Waals surface area (Å²) in [5.41, 5.74) is 1.74. The van der Waals surface area contributed by atoms with Crippen LogP contribution >= 0.6 is 0 Å². The van der Waals surface area contributed by atoms with E-state index in [1.54, 1.807) is 62.8 Å². The third kappa shape index (κ3) is 4.84. The van der Waals surface area contributed by atoms with Crippen LogP contribution in [0.2, 0.25) is 0 Å². The van der Waals surface area contributed by atoms with E-state index in [1.807, 2.05) is 0 Å². The summed E-state index contributed by atoms with van der Waals surface area (Å²) in [5.74, 6) is 0.544. The number of carbonyl (C=O) groups is 2. The average molecular weight is 341 g/mol. The van der Waals surface area contributed by atoms with Gasteiger partial charge in [-0.25, -0.2) is 4.79 Å². The number of benzene rings is 2. The summed E-state index contributed by atoms with van der Waals surface area (Å²) in [4.78, 5) is 23.4. The summed E-state index contributed by atoms with van der Waals surface area (Å²) in [6.07, 6.45) is 3.05. The summed E-state index contributed by atoms with van der Waals surface area (Å²) in [5, 5.41) is 2.71. The lowest BCUT2D eigenvalue weighted by atomic mass is 10.1. The fourth-order valence-corrected chi connectivity index (χ4v) is 2.11. The second-order valence-corrected chi connectivity index (χ2v) is 5.00. The molecule has 0 atom stereocenters. The van der Waals surface area contributed by atoms with Crippen LogP contribution in [0.5, 0.6) is 11.5 Å². The van der Waals surface area contributed by atoms with E-state index < -0.39 is 5.97 Å². The number of methoxy groups -OCH3 is 3. The molecular weight excluding hydrogens is 322 g/mol. The van der Waals surface area contributed by atoms with Crippen molar-refractivity contribution < 1.29 is 23.8 Å². The van der Waals surface area contributed by atoms with Crippen molar-refractivity contribution in [3.8, 4) is 11.5 Å². The molecule has 2 aromatic carbocycles. The van der Waals surface area contributed by atoms with Crippen LogP contribution in [0.15, 0.2) is 48.5 Å². The Bertz CT molecular complexity index is 781. The molecule has 1 amide bonds. The monoisotopic (exact) mass is 341 g/mol. The van der Waals surface area contributed by atoms with Gasteiger partial charge >= 0.3 is 5.97 Å². The number of amides is 1. The van der Waals surface area contributed by atoms with Crippen molar-refractivity contribution in [2.75, 3.05) is 26.6 Å². The van der Waals surface area contributed by atoms with Crippen LogP contribution in [0.3, 0.4) is 0 Å². The normalized spacial score (nSPS) is 10.4. The number of carbonyl (C=O) groups excluding carboxylic acids is 2. The number of anilines is 1. The molecule has 0 heterocycles. The predicted molar refractivity (Wildman–Crippen MR) is 95.0 cm³/mol. The number of hydrogen-bond acceptors (Lipinski definition) is 5. The third-order valence-corrected chi connectivity index (χ3v) is 3.43. The molecule has 2 aromatic rings. The van der Waals surface area contributed by atoms with Gasteiger partial charge in [-0.15, -0.1) is 0 Å². The third-order valence-electron chi connectivity index (χ3n) is 3.43. The molecule has 0 saturated carbocycles. The van der Waals surface area contributed by atoms with E-state index in [-0.39, 0.29) is 5.91 Å². The van der Waals surface area contributed by atoms with Crippen LogP contribution in [-0.4, -0.2) is 33.2 Å². The van der Waals surface area contributed by atoms with Crippen molar-refractivity contribution >= 4 is 23.6 Å². The fourth-order valence-electron chi connectivity index (χ4n) is 2.11. The molecule has 0 saturated heterocycles. The molecule has 0 aliphatic heterocycles. The number of hydrogen-bond donors (Lipinski definition) is 1. The lowest BCUT2D eigenvalue weighted by Crippen LogP contribution is -2.08. The fraction of sp³-hybridized carbons (Fsp3) is 0.158. The molecule has 25 heavy (non-hydrogen) atoms. The Morgan fingerprint density at radius 3 is 2.28 bits per heavy atom. The highest BCUT2D eigenvalue weighted by Crippen LogP contribution is 2.25. The number of rotatable bonds is 6. The number of nitrogens with one attached hydrogen (secondary N) is 1. The van der Waals surface area contributed by atoms with Gasteiger partial charge in [-0.3, -0.25) is 4.79 Å². The predicted octanol–water partition coefficient (Wildman–Crippen LogP) is 3.14. The molecule has 0 fully saturated rings. The maximum Gasteiger partial charge on any atom is 0.337 e. The van der Waals surface area contributed by atoms with Gasteiger partial charge in [0, 0.05) is 23.4 Å². The molecule has 0 aromatic heterocycles. The van der Waals surface area contributed by atoms with Gasteiger partial charge in [0.15, 0.2) is 0 Å². The van der Waals surface area contributed by atoms with E-state index in [2.05, 4.69) is 10.1 Å². The van der Waals surface area contributed by atoms with Gasteiger partial charge in [0.2, 0.25) is 5.91 Å². The van der Waals surface area contributed by atoms with Gasteiger partial charge in [-0.2, -0.15) is 0 Å². The lowest BCUT2D eigenvalue weighted by molar-refractivity contribution is -0.111. The molecule has 0 aliphatic carbocycles. The van der Waals surface area contributed by atoms with Crippen LogP contribution in [0.1, 0.15) is 15.9 Å². The van der Waals surface area contributed by atoms with Crippen molar-refractivity contribution in [1.82, 2.24) is 0 Å². The maximum atomic E-state index is 12.0. The summed E-state index contributed by atoms with van der Waals surface area (Å²) >= 11 is 0. The molecule has 130 valence electrons. The maximum absolute atomic E-state index is 12.0. The molecule has 0 spiro atoms. The molecular formula is C19H19NO5. The van der Waals surface area contributed by atoms with Crippen molar-refractivity contribution in [2.45, 2.75) is 0 Å². The Balaban J connectivity index is 2.04. The van der Waals surface area contributed by atoms with Gasteiger partial charge in [0.05, 0.1) is 26.9 Å². The molecule has 1 N–H and O–H groups in total. The molecule has 6 nitrogen and oxygen atoms in total. The van der Waals surface area contributed by atoms with Crippen molar-refractivity contribution in [3.63, 3.8) is 0 Å². The average Bonchev–Trinajstić information content (AvgIpc) is 2.66. The van der Waals surface area contributed by atoms with E-state index in [1.165, 1.54) is 13.2 Å². The Kier molecular flexibility index (Phi) is 6.17. The SMILES string of the molecule is COC(=O)c1ccc(NC(=O)C=Cc2ccc(OC)cc2OC)cc1. The van der Waals surface area contributed by atoms with E-state index in [9.17, 15) is 9.59 Å². The zero-order chi connectivity index (χ0) is 18.2. The summed E-state index contributed by atoms with van der Waals surface area (Å²) in [6, 6.07) is 11.7. The smallest absolute Gasteiger partial charge is 0.337 e. The van der Waals surface area contributed by atoms with E-state index >= 15 is 0 Å². The van der Waals surface area contributed by atoms with Crippen LogP contribution in [0, 0.1) is 0 Å². The van der Waals surface area contributed by atoms with E-state index in [4.69, 9.17) is 9.47 Å². The van der Waals surface area contributed by atoms with E-state index in [0.29, 0.717) is 22.7 Å². The highest BCUT2D eigenvalue weighted by atomic mass is 16.5. The van der Waals surface area contributed by atoms with Gasteiger partial charge in [-0.1, -0.05) is 0 Å². The summed E-state index contributed by atoms with van der Waals surface area (Å²) in [7, 11) is 4.44. The first-order valence-corrected chi connectivity index (χ1v) is 7.47. The second kappa shape index (κ2) is 8.54. The van der Waals surface area contributed by atoms with Crippen molar-refractivity contribution in [2.24, 2.45) is 0 Å². The molecule has 0 bridgehead atoms. The van der Waals surface area contributed by atoms with Gasteiger partial charge in [0.1, 0.15) is 11.5 Å². The van der Waals surface area contributed by atoms with Gasteiger partial charge in [-0.05, 0) is 42.5 Å². The van der Waals surface area contributed by atoms with Crippen molar-refractivity contribution in [3.05, 3.63) is 59.7 Å². The Morgan fingerprint density at radius 1 is 0.960 bits per heavy atom. The highest BCUT2D eigenvalue weighted by Gasteiger charge is 2.06. The Morgan fingerprint density at radius 2 is 1.68 bits per heavy atom. The zero-order valence-corrected chi connectivity index (χ0v) is 14.2. The molecule has 0 unspecified atom stereocenters. The van der Waals surface area contributed by atoms with Gasteiger partial charge in [0.25, 0.3) is 0 Å². The molecule has 0 radical (unpaired) electrons. The molecule has 0 aliphatic rings. The highest BCUT2D eigenvalue weighted by molar-refractivity contribution is 6.02. The first-order valence-electron chi connectivity index (χ1n) is 7.47. The number of ether oxygens (including phenoxy) is 3. The standard InChI is InChI=1S/C19H19NO5/c1-23-16-10-6-13(17(12-16)24-2)7-11-18(21)20-15-8-4-14(5-9-15)19(22)25-3/h4-12H,1-3H3,(H,20,21). The summed E-state index contributed by atoms with van der Waals surface area (Å²) < 4.78 is 15.0. The van der Waals surface area contributed by atoms with Crippen LogP contribution in [-0.2, 0) is 9.53 Å². The van der Waals surface area contributed by atoms with Crippen LogP contribution in [0.4, 0.5) is 5.69 Å². The minimum Gasteiger partial charge on any atom is -0.497 e. The molecule has 2 rings (SSSR count). The van der Waals surface area contributed by atoms with Crippen LogP contribution < -0.4 is 14.8 Å². The minimum atomic E-state index is -0.427. The Labute approximate surface area is 146 Å². The second-order valence-electron chi connectivity index (χ2n) is 5.00. The molecule has 6 heteroatoms.